The molecule has 8 N–H and O–H groups in total. The van der Waals surface area contributed by atoms with Gasteiger partial charge in [-0.3, -0.25) is 9.59 Å². The summed E-state index contributed by atoms with van der Waals surface area (Å²) in [5, 5.41) is 47.9. The molecule has 2 aromatic rings. The Morgan fingerprint density at radius 2 is 1.87 bits per heavy atom. The van der Waals surface area contributed by atoms with Crippen molar-refractivity contribution in [3.05, 3.63) is 51.6 Å². The molecule has 0 bridgehead atoms. The van der Waals surface area contributed by atoms with Gasteiger partial charge in [-0.1, -0.05) is 12.1 Å². The Morgan fingerprint density at radius 3 is 2.51 bits per heavy atom. The number of aromatic hydroxyl groups is 2. The first-order chi connectivity index (χ1) is 18.5. The van der Waals surface area contributed by atoms with Gasteiger partial charge in [-0.05, 0) is 19.4 Å². The zero-order valence-corrected chi connectivity index (χ0v) is 21.5. The van der Waals surface area contributed by atoms with Gasteiger partial charge < -0.3 is 46.2 Å². The predicted octanol–water partition coefficient (Wildman–Crippen LogP) is 0.776. The first-order valence-electron chi connectivity index (χ1n) is 12.6. The van der Waals surface area contributed by atoms with Crippen LogP contribution in [0.15, 0.2) is 23.3 Å². The standard InChI is InChI=1S/C27H31N3O9/c1-11-6-12(28)7-18(38-11)39-16-9-27(36,17(10-31)30-29)8-14-20(16)26(35)22-21(24(14)33)23(32)13-4-3-5-15(37-2)19(13)25(22)34/h3-5,11-12,16,18,31,33,35-36H,6-10,28-29H2,1-2H3/b30-17+. The highest BCUT2D eigenvalue weighted by Gasteiger charge is 2.49. The number of carbonyl (C=O) groups is 2. The Morgan fingerprint density at radius 1 is 1.15 bits per heavy atom. The van der Waals surface area contributed by atoms with Crippen LogP contribution < -0.4 is 16.3 Å². The number of carbonyl (C=O) groups excluding carboxylic acids is 2. The molecule has 12 heteroatoms. The van der Waals surface area contributed by atoms with Crippen LogP contribution in [0.25, 0.3) is 0 Å². The maximum Gasteiger partial charge on any atom is 0.202 e. The Labute approximate surface area is 223 Å². The van der Waals surface area contributed by atoms with E-state index in [1.807, 2.05) is 6.92 Å². The minimum atomic E-state index is -1.91. The van der Waals surface area contributed by atoms with Crippen LogP contribution in [0, 0.1) is 0 Å². The molecule has 208 valence electrons. The van der Waals surface area contributed by atoms with E-state index in [0.29, 0.717) is 12.8 Å². The lowest BCUT2D eigenvalue weighted by molar-refractivity contribution is -0.223. The third-order valence-corrected chi connectivity index (χ3v) is 7.75. The maximum atomic E-state index is 13.7. The molecule has 3 aliphatic rings. The molecule has 1 fully saturated rings. The normalized spacial score (nSPS) is 28.5. The average Bonchev–Trinajstić information content (AvgIpc) is 2.88. The van der Waals surface area contributed by atoms with Crippen LogP contribution >= 0.6 is 0 Å². The topological polar surface area (TPSA) is 207 Å². The quantitative estimate of drug-likeness (QED) is 0.115. The van der Waals surface area contributed by atoms with Gasteiger partial charge in [0.1, 0.15) is 22.8 Å². The van der Waals surface area contributed by atoms with E-state index in [9.17, 15) is 30.0 Å². The van der Waals surface area contributed by atoms with Crippen LogP contribution in [0.5, 0.6) is 17.2 Å². The fourth-order valence-corrected chi connectivity index (χ4v) is 5.97. The number of nitrogens with zero attached hydrogens (tertiary/aromatic N) is 1. The summed E-state index contributed by atoms with van der Waals surface area (Å²) in [6.07, 6.45) is -1.95. The number of methoxy groups -OCH3 is 1. The van der Waals surface area contributed by atoms with Gasteiger partial charge in [0.05, 0.1) is 48.3 Å². The number of aliphatic hydroxyl groups excluding tert-OH is 1. The summed E-state index contributed by atoms with van der Waals surface area (Å²) in [5.41, 5.74) is 3.19. The van der Waals surface area contributed by atoms with E-state index in [0.717, 1.165) is 0 Å². The number of fused-ring (bicyclic) bond motifs is 3. The second-order valence-corrected chi connectivity index (χ2v) is 10.3. The molecule has 5 rings (SSSR count). The molecular formula is C27H31N3O9. The van der Waals surface area contributed by atoms with Crippen LogP contribution in [0.2, 0.25) is 0 Å². The summed E-state index contributed by atoms with van der Waals surface area (Å²) in [7, 11) is 1.35. The zero-order valence-electron chi connectivity index (χ0n) is 21.5. The Bertz CT molecular complexity index is 1380. The number of aliphatic hydroxyl groups is 2. The molecule has 5 unspecified atom stereocenters. The molecule has 2 aliphatic carbocycles. The molecule has 0 spiro atoms. The molecule has 12 nitrogen and oxygen atoms in total. The second-order valence-electron chi connectivity index (χ2n) is 10.3. The van der Waals surface area contributed by atoms with Crippen LogP contribution in [0.1, 0.15) is 75.3 Å². The maximum absolute atomic E-state index is 13.7. The Hall–Kier alpha value is -3.55. The van der Waals surface area contributed by atoms with Gasteiger partial charge >= 0.3 is 0 Å². The molecule has 1 heterocycles. The van der Waals surface area contributed by atoms with Crippen molar-refractivity contribution in [1.82, 2.24) is 0 Å². The number of hydrogen-bond acceptors (Lipinski definition) is 12. The smallest absolute Gasteiger partial charge is 0.202 e. The molecule has 39 heavy (non-hydrogen) atoms. The third-order valence-electron chi connectivity index (χ3n) is 7.75. The third kappa shape index (κ3) is 4.24. The van der Waals surface area contributed by atoms with Gasteiger partial charge in [-0.15, -0.1) is 0 Å². The van der Waals surface area contributed by atoms with Gasteiger partial charge in [-0.2, -0.15) is 5.10 Å². The molecule has 5 atom stereocenters. The number of ether oxygens (including phenoxy) is 3. The number of hydrazone groups is 1. The Kier molecular flexibility index (Phi) is 6.85. The fourth-order valence-electron chi connectivity index (χ4n) is 5.97. The molecule has 1 saturated heterocycles. The summed E-state index contributed by atoms with van der Waals surface area (Å²) < 4.78 is 17.4. The number of hydrogen-bond donors (Lipinski definition) is 6. The van der Waals surface area contributed by atoms with E-state index in [4.69, 9.17) is 25.8 Å². The van der Waals surface area contributed by atoms with E-state index in [1.165, 1.54) is 25.3 Å². The number of rotatable bonds is 5. The highest BCUT2D eigenvalue weighted by Crippen LogP contribution is 2.52. The monoisotopic (exact) mass is 541 g/mol. The van der Waals surface area contributed by atoms with Crippen molar-refractivity contribution in [2.24, 2.45) is 16.7 Å². The van der Waals surface area contributed by atoms with Gasteiger partial charge in [0, 0.05) is 42.0 Å². The number of benzene rings is 2. The van der Waals surface area contributed by atoms with E-state index >= 15 is 0 Å². The van der Waals surface area contributed by atoms with E-state index in [1.54, 1.807) is 0 Å². The Balaban J connectivity index is 1.71. The van der Waals surface area contributed by atoms with Crippen LogP contribution in [-0.4, -0.2) is 75.5 Å². The first kappa shape index (κ1) is 27.0. The molecule has 0 aromatic heterocycles. The fraction of sp³-hybridized carbons (Fsp3) is 0.444. The summed E-state index contributed by atoms with van der Waals surface area (Å²) >= 11 is 0. The number of phenols is 2. The van der Waals surface area contributed by atoms with E-state index in [-0.39, 0.29) is 58.7 Å². The minimum Gasteiger partial charge on any atom is -0.507 e. The number of ketones is 2. The van der Waals surface area contributed by atoms with Crippen molar-refractivity contribution in [2.75, 3.05) is 13.7 Å². The summed E-state index contributed by atoms with van der Waals surface area (Å²) in [6, 6.07) is 4.25. The van der Waals surface area contributed by atoms with Gasteiger partial charge in [0.15, 0.2) is 12.1 Å². The lowest BCUT2D eigenvalue weighted by atomic mass is 9.71. The van der Waals surface area contributed by atoms with Crippen molar-refractivity contribution >= 4 is 17.3 Å². The second kappa shape index (κ2) is 9.88. The number of nitrogens with two attached hydrogens (primary N) is 2. The lowest BCUT2D eigenvalue weighted by Crippen LogP contribution is -2.49. The van der Waals surface area contributed by atoms with Crippen molar-refractivity contribution in [3.63, 3.8) is 0 Å². The SMILES string of the molecule is COc1cccc2c1C(=O)c1c(O)c3c(c(O)c1C2=O)CC(O)(/C(CO)=N/N)CC3OC1CC(N)CC(C)O1. The van der Waals surface area contributed by atoms with Crippen LogP contribution in [0.4, 0.5) is 0 Å². The molecule has 0 saturated carbocycles. The molecular weight excluding hydrogens is 510 g/mol. The molecule has 0 amide bonds. The minimum absolute atomic E-state index is 0.00137. The van der Waals surface area contributed by atoms with Gasteiger partial charge in [0.2, 0.25) is 5.78 Å². The van der Waals surface area contributed by atoms with Gasteiger partial charge in [0.25, 0.3) is 0 Å². The molecule has 1 aliphatic heterocycles. The highest BCUT2D eigenvalue weighted by molar-refractivity contribution is 6.31. The van der Waals surface area contributed by atoms with Gasteiger partial charge in [-0.25, -0.2) is 0 Å². The largest absolute Gasteiger partial charge is 0.507 e. The lowest BCUT2D eigenvalue weighted by Gasteiger charge is -2.42. The van der Waals surface area contributed by atoms with Crippen molar-refractivity contribution < 1.29 is 44.2 Å². The van der Waals surface area contributed by atoms with Crippen LogP contribution in [0.3, 0.4) is 0 Å². The van der Waals surface area contributed by atoms with Crippen molar-refractivity contribution in [1.29, 1.82) is 0 Å². The average molecular weight is 542 g/mol. The van der Waals surface area contributed by atoms with E-state index < -0.39 is 58.8 Å². The first-order valence-corrected chi connectivity index (χ1v) is 12.6. The zero-order chi connectivity index (χ0) is 28.2. The van der Waals surface area contributed by atoms with Crippen molar-refractivity contribution in [2.45, 2.75) is 62.7 Å². The molecule has 2 aromatic carbocycles. The van der Waals surface area contributed by atoms with E-state index in [2.05, 4.69) is 5.10 Å². The summed E-state index contributed by atoms with van der Waals surface area (Å²) in [4.78, 5) is 27.3. The summed E-state index contributed by atoms with van der Waals surface area (Å²) in [5.74, 6) is 3.01. The van der Waals surface area contributed by atoms with Crippen LogP contribution in [-0.2, 0) is 15.9 Å². The van der Waals surface area contributed by atoms with Crippen molar-refractivity contribution in [3.8, 4) is 17.2 Å². The number of phenolic OH excluding ortho intramolecular Hbond substituents is 2. The predicted molar refractivity (Wildman–Crippen MR) is 137 cm³/mol. The molecule has 0 radical (unpaired) electrons. The summed E-state index contributed by atoms with van der Waals surface area (Å²) in [6.45, 7) is 1.14. The highest BCUT2D eigenvalue weighted by atomic mass is 16.7.